The van der Waals surface area contributed by atoms with Gasteiger partial charge in [0.15, 0.2) is 0 Å². The first kappa shape index (κ1) is 24.4. The minimum absolute atomic E-state index is 0.242. The van der Waals surface area contributed by atoms with Crippen LogP contribution in [0, 0.1) is 0 Å². The predicted octanol–water partition coefficient (Wildman–Crippen LogP) is 5.31. The average Bonchev–Trinajstić information content (AvgIpc) is 3.21. The maximum Gasteiger partial charge on any atom is 0.355 e. The van der Waals surface area contributed by atoms with Gasteiger partial charge >= 0.3 is 5.97 Å². The first-order valence-corrected chi connectivity index (χ1v) is 11.8. The average molecular weight is 526 g/mol. The Morgan fingerprint density at radius 2 is 1.66 bits per heavy atom. The summed E-state index contributed by atoms with van der Waals surface area (Å²) in [5, 5.41) is 8.05. The SMILES string of the molecule is O=C(CNC(=O)c1ccc(Cl)cc1)N/N=C/c1ccc(OC(=O)c2sc3ccccc3c2Cl)cc1. The number of fused-ring (bicyclic) bond motifs is 1. The largest absolute Gasteiger partial charge is 0.422 e. The van der Waals surface area contributed by atoms with Crippen molar-refractivity contribution in [2.24, 2.45) is 5.10 Å². The van der Waals surface area contributed by atoms with Crippen molar-refractivity contribution in [3.63, 3.8) is 0 Å². The fourth-order valence-electron chi connectivity index (χ4n) is 3.00. The van der Waals surface area contributed by atoms with Gasteiger partial charge in [0, 0.05) is 20.7 Å². The molecule has 0 atom stereocenters. The fraction of sp³-hybridized carbons (Fsp3) is 0.0400. The van der Waals surface area contributed by atoms with E-state index in [2.05, 4.69) is 15.8 Å². The van der Waals surface area contributed by atoms with Crippen LogP contribution in [-0.4, -0.2) is 30.5 Å². The van der Waals surface area contributed by atoms with Crippen molar-refractivity contribution >= 4 is 68.6 Å². The smallest absolute Gasteiger partial charge is 0.355 e. The number of hydrogen-bond donors (Lipinski definition) is 2. The van der Waals surface area contributed by atoms with Gasteiger partial charge in [-0.3, -0.25) is 9.59 Å². The maximum atomic E-state index is 12.5. The van der Waals surface area contributed by atoms with E-state index >= 15 is 0 Å². The number of ether oxygens (including phenoxy) is 1. The second kappa shape index (κ2) is 11.1. The van der Waals surface area contributed by atoms with Gasteiger partial charge in [0.05, 0.1) is 17.8 Å². The zero-order valence-corrected chi connectivity index (χ0v) is 20.3. The van der Waals surface area contributed by atoms with Gasteiger partial charge in [-0.15, -0.1) is 11.3 Å². The molecule has 0 saturated heterocycles. The number of nitrogens with one attached hydrogen (secondary N) is 2. The number of amides is 2. The summed E-state index contributed by atoms with van der Waals surface area (Å²) in [6.07, 6.45) is 1.42. The minimum atomic E-state index is -0.537. The normalized spacial score (nSPS) is 10.9. The molecule has 2 amide bonds. The van der Waals surface area contributed by atoms with E-state index in [-0.39, 0.29) is 6.54 Å². The lowest BCUT2D eigenvalue weighted by atomic mass is 10.2. The highest BCUT2D eigenvalue weighted by Gasteiger charge is 2.18. The summed E-state index contributed by atoms with van der Waals surface area (Å²) in [5.74, 6) is -1.09. The van der Waals surface area contributed by atoms with Crippen molar-refractivity contribution in [1.82, 2.24) is 10.7 Å². The van der Waals surface area contributed by atoms with E-state index in [4.69, 9.17) is 27.9 Å². The highest BCUT2D eigenvalue weighted by molar-refractivity contribution is 7.21. The Balaban J connectivity index is 1.26. The molecule has 0 radical (unpaired) electrons. The lowest BCUT2D eigenvalue weighted by molar-refractivity contribution is -0.120. The standard InChI is InChI=1S/C25H17Cl2N3O4S/c26-17-9-7-16(8-10-17)24(32)28-14-21(31)30-29-13-15-5-11-18(12-6-15)34-25(33)23-22(27)19-3-1-2-4-20(19)35-23/h1-13H,14H2,(H,28,32)(H,30,31)/b29-13+. The number of thiophene rings is 1. The number of hydrogen-bond acceptors (Lipinski definition) is 6. The molecular weight excluding hydrogens is 509 g/mol. The third-order valence-electron chi connectivity index (χ3n) is 4.73. The van der Waals surface area contributed by atoms with Crippen molar-refractivity contribution < 1.29 is 19.1 Å². The van der Waals surface area contributed by atoms with Crippen LogP contribution >= 0.6 is 34.5 Å². The molecule has 3 aromatic carbocycles. The number of benzene rings is 3. The van der Waals surface area contributed by atoms with E-state index in [1.54, 1.807) is 48.5 Å². The molecule has 0 saturated carbocycles. The molecule has 0 aliphatic rings. The van der Waals surface area contributed by atoms with Gasteiger partial charge in [-0.05, 0) is 60.2 Å². The minimum Gasteiger partial charge on any atom is -0.422 e. The lowest BCUT2D eigenvalue weighted by Gasteiger charge is -2.05. The zero-order valence-electron chi connectivity index (χ0n) is 18.0. The van der Waals surface area contributed by atoms with Crippen molar-refractivity contribution in [3.8, 4) is 5.75 Å². The summed E-state index contributed by atoms with van der Waals surface area (Å²) in [6, 6.07) is 20.3. The number of esters is 1. The van der Waals surface area contributed by atoms with Crippen LogP contribution in [0.3, 0.4) is 0 Å². The van der Waals surface area contributed by atoms with Crippen LogP contribution in [0.2, 0.25) is 10.0 Å². The quantitative estimate of drug-likeness (QED) is 0.148. The number of carbonyl (C=O) groups excluding carboxylic acids is 3. The number of hydrazone groups is 1. The summed E-state index contributed by atoms with van der Waals surface area (Å²) in [6.45, 7) is -0.242. The molecule has 0 aliphatic carbocycles. The Bertz CT molecular complexity index is 1420. The number of nitrogens with zero attached hydrogens (tertiary/aromatic N) is 1. The molecule has 4 aromatic rings. The van der Waals surface area contributed by atoms with Crippen LogP contribution in [0.4, 0.5) is 0 Å². The maximum absolute atomic E-state index is 12.5. The molecular formula is C25H17Cl2N3O4S. The van der Waals surface area contributed by atoms with Crippen molar-refractivity contribution in [3.05, 3.63) is 98.8 Å². The van der Waals surface area contributed by atoms with E-state index in [0.29, 0.717) is 31.8 Å². The van der Waals surface area contributed by atoms with Gasteiger partial charge in [-0.1, -0.05) is 41.4 Å². The molecule has 0 aliphatic heterocycles. The molecule has 35 heavy (non-hydrogen) atoms. The number of carbonyl (C=O) groups is 3. The molecule has 0 spiro atoms. The number of halogens is 2. The second-order valence-corrected chi connectivity index (χ2v) is 9.05. The van der Waals surface area contributed by atoms with Crippen LogP contribution in [-0.2, 0) is 4.79 Å². The first-order chi connectivity index (χ1) is 16.9. The van der Waals surface area contributed by atoms with Crippen LogP contribution in [0.5, 0.6) is 5.75 Å². The Morgan fingerprint density at radius 3 is 2.37 bits per heavy atom. The van der Waals surface area contributed by atoms with E-state index in [1.165, 1.54) is 17.6 Å². The molecule has 1 aromatic heterocycles. The molecule has 1 heterocycles. The van der Waals surface area contributed by atoms with Crippen LogP contribution in [0.15, 0.2) is 77.9 Å². The summed E-state index contributed by atoms with van der Waals surface area (Å²) >= 11 is 13.4. The molecule has 0 bridgehead atoms. The van der Waals surface area contributed by atoms with E-state index in [1.807, 2.05) is 24.3 Å². The molecule has 0 unspecified atom stereocenters. The zero-order chi connectivity index (χ0) is 24.8. The topological polar surface area (TPSA) is 96.9 Å². The number of rotatable bonds is 7. The first-order valence-electron chi connectivity index (χ1n) is 10.3. The molecule has 10 heteroatoms. The van der Waals surface area contributed by atoms with Gasteiger partial charge in [0.1, 0.15) is 10.6 Å². The highest BCUT2D eigenvalue weighted by Crippen LogP contribution is 2.35. The van der Waals surface area contributed by atoms with Crippen LogP contribution < -0.4 is 15.5 Å². The highest BCUT2D eigenvalue weighted by atomic mass is 35.5. The summed E-state index contributed by atoms with van der Waals surface area (Å²) in [4.78, 5) is 36.8. The second-order valence-electron chi connectivity index (χ2n) is 7.18. The van der Waals surface area contributed by atoms with E-state index < -0.39 is 17.8 Å². The van der Waals surface area contributed by atoms with E-state index in [0.717, 1.165) is 10.1 Å². The van der Waals surface area contributed by atoms with Crippen molar-refractivity contribution in [2.75, 3.05) is 6.54 Å². The fourth-order valence-corrected chi connectivity index (χ4v) is 4.51. The van der Waals surface area contributed by atoms with Crippen LogP contribution in [0.1, 0.15) is 25.6 Å². The third kappa shape index (κ3) is 6.24. The Hall–Kier alpha value is -3.72. The molecule has 4 rings (SSSR count). The lowest BCUT2D eigenvalue weighted by Crippen LogP contribution is -2.34. The molecule has 2 N–H and O–H groups in total. The van der Waals surface area contributed by atoms with Crippen LogP contribution in [0.25, 0.3) is 10.1 Å². The van der Waals surface area contributed by atoms with Crippen molar-refractivity contribution in [2.45, 2.75) is 0 Å². The third-order valence-corrected chi connectivity index (χ3v) is 6.64. The summed E-state index contributed by atoms with van der Waals surface area (Å²) in [7, 11) is 0. The summed E-state index contributed by atoms with van der Waals surface area (Å²) < 4.78 is 6.34. The predicted molar refractivity (Wildman–Crippen MR) is 138 cm³/mol. The monoisotopic (exact) mass is 525 g/mol. The Morgan fingerprint density at radius 1 is 0.943 bits per heavy atom. The van der Waals surface area contributed by atoms with E-state index in [9.17, 15) is 14.4 Å². The van der Waals surface area contributed by atoms with Crippen molar-refractivity contribution in [1.29, 1.82) is 0 Å². The Labute approximate surface area is 214 Å². The van der Waals surface area contributed by atoms with Gasteiger partial charge in [0.2, 0.25) is 0 Å². The van der Waals surface area contributed by atoms with Gasteiger partial charge in [0.25, 0.3) is 11.8 Å². The van der Waals surface area contributed by atoms with Gasteiger partial charge in [-0.2, -0.15) is 5.10 Å². The van der Waals surface area contributed by atoms with Gasteiger partial charge < -0.3 is 10.1 Å². The molecule has 0 fully saturated rings. The summed E-state index contributed by atoms with van der Waals surface area (Å²) in [5.41, 5.74) is 3.38. The van der Waals surface area contributed by atoms with Gasteiger partial charge in [-0.25, -0.2) is 10.2 Å². The molecule has 176 valence electrons. The molecule has 7 nitrogen and oxygen atoms in total. The Kier molecular flexibility index (Phi) is 7.77.